The van der Waals surface area contributed by atoms with E-state index in [-0.39, 0.29) is 5.91 Å². The molecule has 0 unspecified atom stereocenters. The fourth-order valence-corrected chi connectivity index (χ4v) is 3.52. The highest BCUT2D eigenvalue weighted by atomic mass is 79.9. The van der Waals surface area contributed by atoms with Crippen molar-refractivity contribution in [1.82, 2.24) is 5.32 Å². The molecule has 2 rings (SSSR count). The summed E-state index contributed by atoms with van der Waals surface area (Å²) in [5.74, 6) is -2.16. The zero-order chi connectivity index (χ0) is 13.8. The predicted octanol–water partition coefficient (Wildman–Crippen LogP) is 2.79. The number of amides is 1. The molecule has 0 fully saturated rings. The molecular formula is C13H14BrNO3S. The summed E-state index contributed by atoms with van der Waals surface area (Å²) in [7, 11) is 0. The summed E-state index contributed by atoms with van der Waals surface area (Å²) in [4.78, 5) is 24.2. The monoisotopic (exact) mass is 343 g/mol. The van der Waals surface area contributed by atoms with Crippen LogP contribution in [0, 0.1) is 11.8 Å². The van der Waals surface area contributed by atoms with Crippen LogP contribution in [0.4, 0.5) is 0 Å². The third kappa shape index (κ3) is 3.67. The summed E-state index contributed by atoms with van der Waals surface area (Å²) in [6, 6.07) is 1.94. The van der Waals surface area contributed by atoms with Gasteiger partial charge in [0.15, 0.2) is 0 Å². The minimum atomic E-state index is -0.900. The van der Waals surface area contributed by atoms with Gasteiger partial charge < -0.3 is 10.4 Å². The number of halogens is 1. The molecule has 6 heteroatoms. The molecule has 0 aromatic carbocycles. The summed E-state index contributed by atoms with van der Waals surface area (Å²) in [6.45, 7) is 0.446. The molecule has 2 N–H and O–H groups in total. The van der Waals surface area contributed by atoms with E-state index < -0.39 is 17.8 Å². The standard InChI is InChI=1S/C13H14BrNO3S/c14-8-5-9(19-7-8)6-15-12(16)10-3-1-2-4-11(10)13(17)18/h1-2,5,7,10-11H,3-4,6H2,(H,15,16)(H,17,18)/t10-,11-/m1/s1. The van der Waals surface area contributed by atoms with E-state index in [9.17, 15) is 9.59 Å². The quantitative estimate of drug-likeness (QED) is 0.826. The van der Waals surface area contributed by atoms with Crippen molar-refractivity contribution in [2.24, 2.45) is 11.8 Å². The third-order valence-corrected chi connectivity index (χ3v) is 4.84. The molecule has 0 saturated heterocycles. The van der Waals surface area contributed by atoms with Crippen LogP contribution in [0.1, 0.15) is 17.7 Å². The Labute approximate surface area is 123 Å². The summed E-state index contributed by atoms with van der Waals surface area (Å²) < 4.78 is 0.991. The number of hydrogen-bond donors (Lipinski definition) is 2. The van der Waals surface area contributed by atoms with E-state index in [2.05, 4.69) is 21.2 Å². The van der Waals surface area contributed by atoms with E-state index in [1.54, 1.807) is 11.3 Å². The second kappa shape index (κ2) is 6.34. The number of carbonyl (C=O) groups is 2. The van der Waals surface area contributed by atoms with Crippen LogP contribution in [0.25, 0.3) is 0 Å². The van der Waals surface area contributed by atoms with Crippen molar-refractivity contribution >= 4 is 39.1 Å². The molecule has 19 heavy (non-hydrogen) atoms. The fraction of sp³-hybridized carbons (Fsp3) is 0.385. The number of thiophene rings is 1. The molecule has 1 aliphatic carbocycles. The fourth-order valence-electron chi connectivity index (χ4n) is 2.13. The molecule has 102 valence electrons. The van der Waals surface area contributed by atoms with Crippen molar-refractivity contribution < 1.29 is 14.7 Å². The molecule has 2 atom stereocenters. The maximum absolute atomic E-state index is 12.1. The highest BCUT2D eigenvalue weighted by molar-refractivity contribution is 9.10. The Morgan fingerprint density at radius 2 is 2.05 bits per heavy atom. The number of carboxylic acid groups (broad SMARTS) is 1. The van der Waals surface area contributed by atoms with Crippen molar-refractivity contribution in [3.63, 3.8) is 0 Å². The van der Waals surface area contributed by atoms with Crippen molar-refractivity contribution in [2.45, 2.75) is 19.4 Å². The minimum absolute atomic E-state index is 0.179. The summed E-state index contributed by atoms with van der Waals surface area (Å²) in [5, 5.41) is 13.9. The Morgan fingerprint density at radius 1 is 1.37 bits per heavy atom. The lowest BCUT2D eigenvalue weighted by Crippen LogP contribution is -2.38. The van der Waals surface area contributed by atoms with Gasteiger partial charge in [0.05, 0.1) is 18.4 Å². The first-order valence-corrected chi connectivity index (χ1v) is 7.63. The first-order valence-electron chi connectivity index (χ1n) is 5.96. The highest BCUT2D eigenvalue weighted by Crippen LogP contribution is 2.26. The van der Waals surface area contributed by atoms with Gasteiger partial charge in [-0.15, -0.1) is 11.3 Å². The number of hydrogen-bond acceptors (Lipinski definition) is 3. The maximum atomic E-state index is 12.1. The predicted molar refractivity (Wildman–Crippen MR) is 76.9 cm³/mol. The van der Waals surface area contributed by atoms with E-state index in [4.69, 9.17) is 5.11 Å². The summed E-state index contributed by atoms with van der Waals surface area (Å²) >= 11 is 4.91. The van der Waals surface area contributed by atoms with Gasteiger partial charge in [0.25, 0.3) is 0 Å². The smallest absolute Gasteiger partial charge is 0.307 e. The molecule has 1 amide bonds. The van der Waals surface area contributed by atoms with Gasteiger partial charge >= 0.3 is 5.97 Å². The van der Waals surface area contributed by atoms with E-state index in [0.29, 0.717) is 19.4 Å². The topological polar surface area (TPSA) is 66.4 Å². The van der Waals surface area contributed by atoms with E-state index in [1.807, 2.05) is 23.6 Å². The van der Waals surface area contributed by atoms with Gasteiger partial charge in [-0.1, -0.05) is 12.2 Å². The molecular weight excluding hydrogens is 330 g/mol. The molecule has 0 spiro atoms. The number of carboxylic acids is 1. The van der Waals surface area contributed by atoms with E-state index in [1.165, 1.54) is 0 Å². The zero-order valence-electron chi connectivity index (χ0n) is 10.1. The van der Waals surface area contributed by atoms with Crippen molar-refractivity contribution in [1.29, 1.82) is 0 Å². The van der Waals surface area contributed by atoms with Gasteiger partial charge in [0.1, 0.15) is 0 Å². The van der Waals surface area contributed by atoms with Crippen molar-refractivity contribution in [3.05, 3.63) is 32.9 Å². The number of carbonyl (C=O) groups excluding carboxylic acids is 1. The van der Waals surface area contributed by atoms with Crippen molar-refractivity contribution in [3.8, 4) is 0 Å². The molecule has 1 aromatic heterocycles. The molecule has 1 aliphatic rings. The summed E-state index contributed by atoms with van der Waals surface area (Å²) in [5.41, 5.74) is 0. The normalized spacial score (nSPS) is 22.2. The maximum Gasteiger partial charge on any atom is 0.307 e. The van der Waals surface area contributed by atoms with Crippen LogP contribution >= 0.6 is 27.3 Å². The average molecular weight is 344 g/mol. The Bertz CT molecular complexity index is 512. The number of nitrogens with one attached hydrogen (secondary N) is 1. The Hall–Kier alpha value is -1.14. The Balaban J connectivity index is 1.95. The van der Waals surface area contributed by atoms with Crippen LogP contribution in [0.5, 0.6) is 0 Å². The Kier molecular flexibility index (Phi) is 4.76. The average Bonchev–Trinajstić information content (AvgIpc) is 2.81. The molecule has 1 aromatic rings. The molecule has 0 aliphatic heterocycles. The van der Waals surface area contributed by atoms with Gasteiger partial charge in [-0.05, 0) is 34.8 Å². The van der Waals surface area contributed by atoms with Gasteiger partial charge in [0.2, 0.25) is 5.91 Å². The lowest BCUT2D eigenvalue weighted by molar-refractivity contribution is -0.147. The molecule has 4 nitrogen and oxygen atoms in total. The second-order valence-electron chi connectivity index (χ2n) is 4.44. The molecule has 0 saturated carbocycles. The van der Waals surface area contributed by atoms with Gasteiger partial charge in [-0.2, -0.15) is 0 Å². The number of rotatable bonds is 4. The largest absolute Gasteiger partial charge is 0.481 e. The molecule has 0 radical (unpaired) electrons. The first-order chi connectivity index (χ1) is 9.08. The molecule has 0 bridgehead atoms. The first kappa shape index (κ1) is 14.3. The molecule has 1 heterocycles. The van der Waals surface area contributed by atoms with Gasteiger partial charge in [-0.25, -0.2) is 0 Å². The summed E-state index contributed by atoms with van der Waals surface area (Å²) in [6.07, 6.45) is 4.64. The number of allylic oxidation sites excluding steroid dienone is 2. The lowest BCUT2D eigenvalue weighted by atomic mass is 9.82. The third-order valence-electron chi connectivity index (χ3n) is 3.14. The van der Waals surface area contributed by atoms with Crippen LogP contribution < -0.4 is 5.32 Å². The van der Waals surface area contributed by atoms with Gasteiger partial charge in [-0.3, -0.25) is 9.59 Å². The van der Waals surface area contributed by atoms with Crippen LogP contribution in [-0.4, -0.2) is 17.0 Å². The highest BCUT2D eigenvalue weighted by Gasteiger charge is 2.33. The SMILES string of the molecule is O=C(O)[C@@H]1CC=CC[C@H]1C(=O)NCc1cc(Br)cs1. The lowest BCUT2D eigenvalue weighted by Gasteiger charge is -2.24. The zero-order valence-corrected chi connectivity index (χ0v) is 12.5. The van der Waals surface area contributed by atoms with E-state index in [0.717, 1.165) is 9.35 Å². The minimum Gasteiger partial charge on any atom is -0.481 e. The van der Waals surface area contributed by atoms with Crippen LogP contribution in [0.15, 0.2) is 28.1 Å². The Morgan fingerprint density at radius 3 is 2.63 bits per heavy atom. The van der Waals surface area contributed by atoms with Crippen LogP contribution in [0.3, 0.4) is 0 Å². The van der Waals surface area contributed by atoms with Crippen LogP contribution in [-0.2, 0) is 16.1 Å². The van der Waals surface area contributed by atoms with Crippen molar-refractivity contribution in [2.75, 3.05) is 0 Å². The van der Waals surface area contributed by atoms with E-state index >= 15 is 0 Å². The number of aliphatic carboxylic acids is 1. The second-order valence-corrected chi connectivity index (χ2v) is 6.35. The van der Waals surface area contributed by atoms with Crippen LogP contribution in [0.2, 0.25) is 0 Å². The van der Waals surface area contributed by atoms with Gasteiger partial charge in [0, 0.05) is 14.7 Å².